The number of amides is 1. The molecule has 1 saturated heterocycles. The van der Waals surface area contributed by atoms with Crippen LogP contribution in [0.25, 0.3) is 5.65 Å². The Hall–Kier alpha value is -2.96. The van der Waals surface area contributed by atoms with Crippen LogP contribution in [0.5, 0.6) is 0 Å². The maximum Gasteiger partial charge on any atom is 0.231 e. The Morgan fingerprint density at radius 3 is 2.84 bits per heavy atom. The summed E-state index contributed by atoms with van der Waals surface area (Å²) >= 11 is 0. The van der Waals surface area contributed by atoms with Crippen LogP contribution in [0.1, 0.15) is 12.8 Å². The summed E-state index contributed by atoms with van der Waals surface area (Å²) in [5, 5.41) is 11.3. The molecule has 128 valence electrons. The van der Waals surface area contributed by atoms with Crippen LogP contribution in [-0.4, -0.2) is 33.6 Å². The van der Waals surface area contributed by atoms with E-state index in [9.17, 15) is 9.18 Å². The predicted molar refractivity (Wildman–Crippen MR) is 93.0 cm³/mol. The van der Waals surface area contributed by atoms with Crippen LogP contribution in [0.15, 0.2) is 48.7 Å². The standard InChI is InChI=1S/C18H18FN5O/c19-14-6-8-15(9-7-14)20-17(25)13-4-3-10-23(12-13)18-22-21-16-5-1-2-11-24(16)18/h1-2,5-9,11,13H,3-4,10,12H2,(H,20,25). The van der Waals surface area contributed by atoms with Crippen molar-refractivity contribution in [2.75, 3.05) is 23.3 Å². The number of fused-ring (bicyclic) bond motifs is 1. The smallest absolute Gasteiger partial charge is 0.231 e. The Kier molecular flexibility index (Phi) is 4.05. The van der Waals surface area contributed by atoms with Crippen LogP contribution in [0, 0.1) is 11.7 Å². The number of nitrogens with zero attached hydrogens (tertiary/aromatic N) is 4. The van der Waals surface area contributed by atoms with Gasteiger partial charge in [0.25, 0.3) is 0 Å². The second-order valence-electron chi connectivity index (χ2n) is 6.21. The fraction of sp³-hybridized carbons (Fsp3) is 0.278. The van der Waals surface area contributed by atoms with Crippen molar-refractivity contribution in [3.63, 3.8) is 0 Å². The van der Waals surface area contributed by atoms with Crippen LogP contribution >= 0.6 is 0 Å². The SMILES string of the molecule is O=C(Nc1ccc(F)cc1)C1CCCN(c2nnc3ccccn23)C1. The maximum atomic E-state index is 13.0. The lowest BCUT2D eigenvalue weighted by atomic mass is 9.97. The van der Waals surface area contributed by atoms with E-state index in [4.69, 9.17) is 0 Å². The van der Waals surface area contributed by atoms with Crippen LogP contribution < -0.4 is 10.2 Å². The van der Waals surface area contributed by atoms with E-state index in [1.807, 2.05) is 28.8 Å². The third kappa shape index (κ3) is 3.17. The van der Waals surface area contributed by atoms with Gasteiger partial charge in [0.15, 0.2) is 5.65 Å². The highest BCUT2D eigenvalue weighted by Gasteiger charge is 2.28. The summed E-state index contributed by atoms with van der Waals surface area (Å²) < 4.78 is 14.9. The quantitative estimate of drug-likeness (QED) is 0.797. The molecule has 1 aliphatic rings. The summed E-state index contributed by atoms with van der Waals surface area (Å²) in [5.74, 6) is 0.246. The summed E-state index contributed by atoms with van der Waals surface area (Å²) in [6.45, 7) is 1.43. The summed E-state index contributed by atoms with van der Waals surface area (Å²) in [7, 11) is 0. The van der Waals surface area contributed by atoms with E-state index in [1.165, 1.54) is 12.1 Å². The minimum absolute atomic E-state index is 0.0508. The van der Waals surface area contributed by atoms with Gasteiger partial charge in [-0.05, 0) is 49.2 Å². The number of aromatic nitrogens is 3. The van der Waals surface area contributed by atoms with Gasteiger partial charge in [-0.15, -0.1) is 10.2 Å². The average Bonchev–Trinajstić information content (AvgIpc) is 3.08. The van der Waals surface area contributed by atoms with Gasteiger partial charge in [-0.25, -0.2) is 4.39 Å². The van der Waals surface area contributed by atoms with Gasteiger partial charge in [0.2, 0.25) is 11.9 Å². The highest BCUT2D eigenvalue weighted by Crippen LogP contribution is 2.23. The van der Waals surface area contributed by atoms with Crippen molar-refractivity contribution in [2.24, 2.45) is 5.92 Å². The number of piperidine rings is 1. The second-order valence-corrected chi connectivity index (χ2v) is 6.21. The molecule has 0 bridgehead atoms. The Bertz CT molecular complexity index is 892. The number of halogens is 1. The number of pyridine rings is 1. The van der Waals surface area contributed by atoms with Crippen molar-refractivity contribution >= 4 is 23.2 Å². The Morgan fingerprint density at radius 1 is 1.16 bits per heavy atom. The van der Waals surface area contributed by atoms with Gasteiger partial charge in [0.1, 0.15) is 5.82 Å². The number of hydrogen-bond acceptors (Lipinski definition) is 4. The normalized spacial score (nSPS) is 17.6. The summed E-state index contributed by atoms with van der Waals surface area (Å²) in [6.07, 6.45) is 3.65. The lowest BCUT2D eigenvalue weighted by Gasteiger charge is -2.31. The number of carbonyl (C=O) groups is 1. The van der Waals surface area contributed by atoms with E-state index in [0.29, 0.717) is 12.2 Å². The lowest BCUT2D eigenvalue weighted by Crippen LogP contribution is -2.41. The van der Waals surface area contributed by atoms with Crippen LogP contribution in [0.4, 0.5) is 16.0 Å². The molecule has 25 heavy (non-hydrogen) atoms. The number of nitrogens with one attached hydrogen (secondary N) is 1. The molecule has 4 rings (SSSR count). The minimum Gasteiger partial charge on any atom is -0.340 e. The van der Waals surface area contributed by atoms with Crippen molar-refractivity contribution < 1.29 is 9.18 Å². The molecule has 1 fully saturated rings. The fourth-order valence-corrected chi connectivity index (χ4v) is 3.19. The highest BCUT2D eigenvalue weighted by molar-refractivity contribution is 5.93. The summed E-state index contributed by atoms with van der Waals surface area (Å²) in [6, 6.07) is 11.6. The minimum atomic E-state index is -0.319. The molecule has 7 heteroatoms. The number of benzene rings is 1. The fourth-order valence-electron chi connectivity index (χ4n) is 3.19. The number of rotatable bonds is 3. The van der Waals surface area contributed by atoms with Crippen molar-refractivity contribution in [3.05, 3.63) is 54.5 Å². The zero-order valence-corrected chi connectivity index (χ0v) is 13.6. The summed E-state index contributed by atoms with van der Waals surface area (Å²) in [4.78, 5) is 14.7. The topological polar surface area (TPSA) is 62.5 Å². The van der Waals surface area contributed by atoms with E-state index in [-0.39, 0.29) is 17.6 Å². The first-order chi connectivity index (χ1) is 12.2. The van der Waals surface area contributed by atoms with Crippen molar-refractivity contribution in [1.82, 2.24) is 14.6 Å². The lowest BCUT2D eigenvalue weighted by molar-refractivity contribution is -0.120. The first-order valence-electron chi connectivity index (χ1n) is 8.32. The van der Waals surface area contributed by atoms with Gasteiger partial charge in [-0.1, -0.05) is 6.07 Å². The molecule has 1 amide bonds. The van der Waals surface area contributed by atoms with Gasteiger partial charge in [-0.3, -0.25) is 9.20 Å². The van der Waals surface area contributed by atoms with Gasteiger partial charge < -0.3 is 10.2 Å². The molecule has 3 aromatic rings. The largest absolute Gasteiger partial charge is 0.340 e. The molecule has 1 aromatic carbocycles. The first-order valence-corrected chi connectivity index (χ1v) is 8.32. The molecule has 0 spiro atoms. The Labute approximate surface area is 144 Å². The number of carbonyl (C=O) groups excluding carboxylic acids is 1. The molecule has 1 unspecified atom stereocenters. The predicted octanol–water partition coefficient (Wildman–Crippen LogP) is 2.72. The molecule has 1 aliphatic heterocycles. The number of hydrogen-bond donors (Lipinski definition) is 1. The third-order valence-corrected chi connectivity index (χ3v) is 4.48. The molecule has 0 saturated carbocycles. The van der Waals surface area contributed by atoms with Gasteiger partial charge >= 0.3 is 0 Å². The van der Waals surface area contributed by atoms with Crippen LogP contribution in [-0.2, 0) is 4.79 Å². The molecule has 1 atom stereocenters. The van der Waals surface area contributed by atoms with Gasteiger partial charge in [-0.2, -0.15) is 0 Å². The summed E-state index contributed by atoms with van der Waals surface area (Å²) in [5.41, 5.74) is 1.40. The van der Waals surface area contributed by atoms with Crippen LogP contribution in [0.3, 0.4) is 0 Å². The molecular weight excluding hydrogens is 321 g/mol. The molecule has 1 N–H and O–H groups in total. The third-order valence-electron chi connectivity index (χ3n) is 4.48. The Balaban J connectivity index is 1.49. The molecule has 2 aromatic heterocycles. The molecule has 3 heterocycles. The second kappa shape index (κ2) is 6.51. The van der Waals surface area contributed by atoms with Crippen molar-refractivity contribution in [2.45, 2.75) is 12.8 Å². The van der Waals surface area contributed by atoms with Gasteiger partial charge in [0, 0.05) is 25.0 Å². The van der Waals surface area contributed by atoms with E-state index >= 15 is 0 Å². The maximum absolute atomic E-state index is 13.0. The van der Waals surface area contributed by atoms with E-state index < -0.39 is 0 Å². The first kappa shape index (κ1) is 15.6. The molecular formula is C18H18FN5O. The van der Waals surface area contributed by atoms with E-state index in [2.05, 4.69) is 20.4 Å². The average molecular weight is 339 g/mol. The van der Waals surface area contributed by atoms with E-state index in [1.54, 1.807) is 12.1 Å². The van der Waals surface area contributed by atoms with Crippen molar-refractivity contribution in [3.8, 4) is 0 Å². The van der Waals surface area contributed by atoms with Gasteiger partial charge in [0.05, 0.1) is 5.92 Å². The monoisotopic (exact) mass is 339 g/mol. The van der Waals surface area contributed by atoms with E-state index in [0.717, 1.165) is 31.0 Å². The number of anilines is 2. The zero-order valence-electron chi connectivity index (χ0n) is 13.6. The zero-order chi connectivity index (χ0) is 17.2. The Morgan fingerprint density at radius 2 is 2.00 bits per heavy atom. The van der Waals surface area contributed by atoms with Crippen LogP contribution in [0.2, 0.25) is 0 Å². The van der Waals surface area contributed by atoms with Crippen molar-refractivity contribution in [1.29, 1.82) is 0 Å². The molecule has 6 nitrogen and oxygen atoms in total. The highest BCUT2D eigenvalue weighted by atomic mass is 19.1. The molecule has 0 aliphatic carbocycles. The molecule has 0 radical (unpaired) electrons.